The number of aromatic nitrogens is 1. The molecule has 1 aromatic heterocycles. The van der Waals surface area contributed by atoms with E-state index in [9.17, 15) is 13.6 Å². The molecule has 0 bridgehead atoms. The number of hydrogen-bond donors (Lipinski definition) is 1. The van der Waals surface area contributed by atoms with Gasteiger partial charge in [-0.25, -0.2) is 8.78 Å². The summed E-state index contributed by atoms with van der Waals surface area (Å²) >= 11 is 0. The first kappa shape index (κ1) is 14.3. The Labute approximate surface area is 114 Å². The highest BCUT2D eigenvalue weighted by Gasteiger charge is 2.10. The molecule has 2 aromatic rings. The Morgan fingerprint density at radius 3 is 2.90 bits per heavy atom. The Bertz CT molecular complexity index is 632. The van der Waals surface area contributed by atoms with Crippen LogP contribution in [0.2, 0.25) is 0 Å². The summed E-state index contributed by atoms with van der Waals surface area (Å²) in [7, 11) is 1.58. The molecular formula is C14H14F2N2O2. The summed E-state index contributed by atoms with van der Waals surface area (Å²) in [4.78, 5) is 15.7. The standard InChI is InChI=1S/C14H14F2N2O2/c1-20-4-2-3-17-14(19)10-5-9-6-11(15)7-12(16)13(9)18-8-10/h5-8H,2-4H2,1H3,(H,17,19). The van der Waals surface area contributed by atoms with Gasteiger partial charge in [-0.1, -0.05) is 0 Å². The van der Waals surface area contributed by atoms with E-state index >= 15 is 0 Å². The maximum atomic E-state index is 13.5. The van der Waals surface area contributed by atoms with Crippen LogP contribution in [-0.2, 0) is 4.74 Å². The van der Waals surface area contributed by atoms with Gasteiger partial charge in [0.15, 0.2) is 5.82 Å². The predicted molar refractivity (Wildman–Crippen MR) is 70.5 cm³/mol. The summed E-state index contributed by atoms with van der Waals surface area (Å²) in [5.41, 5.74) is 0.308. The van der Waals surface area contributed by atoms with Gasteiger partial charge in [0.2, 0.25) is 0 Å². The fourth-order valence-electron chi connectivity index (χ4n) is 1.82. The molecule has 106 valence electrons. The minimum absolute atomic E-state index is 0.0438. The molecule has 0 atom stereocenters. The second kappa shape index (κ2) is 6.38. The zero-order valence-electron chi connectivity index (χ0n) is 11.0. The Balaban J connectivity index is 2.17. The van der Waals surface area contributed by atoms with Crippen molar-refractivity contribution in [3.05, 3.63) is 41.6 Å². The maximum absolute atomic E-state index is 13.5. The van der Waals surface area contributed by atoms with Crippen molar-refractivity contribution in [2.45, 2.75) is 6.42 Å². The number of fused-ring (bicyclic) bond motifs is 1. The van der Waals surface area contributed by atoms with Crippen LogP contribution in [0.5, 0.6) is 0 Å². The van der Waals surface area contributed by atoms with Crippen molar-refractivity contribution in [2.75, 3.05) is 20.3 Å². The number of methoxy groups -OCH3 is 1. The fourth-order valence-corrected chi connectivity index (χ4v) is 1.82. The average Bonchev–Trinajstić information content (AvgIpc) is 2.42. The van der Waals surface area contributed by atoms with E-state index in [2.05, 4.69) is 10.3 Å². The monoisotopic (exact) mass is 280 g/mol. The molecule has 1 N–H and O–H groups in total. The number of ether oxygens (including phenoxy) is 1. The summed E-state index contributed by atoms with van der Waals surface area (Å²) < 4.78 is 31.5. The number of pyridine rings is 1. The first-order chi connectivity index (χ1) is 9.61. The van der Waals surface area contributed by atoms with Crippen LogP contribution in [0.4, 0.5) is 8.78 Å². The second-order valence-electron chi connectivity index (χ2n) is 4.29. The van der Waals surface area contributed by atoms with Crippen LogP contribution in [-0.4, -0.2) is 31.2 Å². The minimum atomic E-state index is -0.743. The molecule has 2 rings (SSSR count). The molecule has 0 aliphatic heterocycles. The van der Waals surface area contributed by atoms with Crippen molar-refractivity contribution in [1.82, 2.24) is 10.3 Å². The SMILES string of the molecule is COCCCNC(=O)c1cnc2c(F)cc(F)cc2c1. The lowest BCUT2D eigenvalue weighted by atomic mass is 10.1. The molecular weight excluding hydrogens is 266 g/mol. The molecule has 0 unspecified atom stereocenters. The van der Waals surface area contributed by atoms with Gasteiger partial charge in [-0.15, -0.1) is 0 Å². The van der Waals surface area contributed by atoms with Crippen molar-refractivity contribution in [3.8, 4) is 0 Å². The smallest absolute Gasteiger partial charge is 0.252 e. The normalized spacial score (nSPS) is 10.8. The Kier molecular flexibility index (Phi) is 4.57. The van der Waals surface area contributed by atoms with Crippen LogP contribution in [0, 0.1) is 11.6 Å². The van der Waals surface area contributed by atoms with Crippen LogP contribution in [0.25, 0.3) is 10.9 Å². The van der Waals surface area contributed by atoms with E-state index in [1.807, 2.05) is 0 Å². The van der Waals surface area contributed by atoms with Gasteiger partial charge in [0.05, 0.1) is 5.56 Å². The number of halogens is 2. The number of nitrogens with one attached hydrogen (secondary N) is 1. The topological polar surface area (TPSA) is 51.2 Å². The third-order valence-corrected chi connectivity index (χ3v) is 2.77. The van der Waals surface area contributed by atoms with Crippen molar-refractivity contribution < 1.29 is 18.3 Å². The number of hydrogen-bond acceptors (Lipinski definition) is 3. The molecule has 0 fully saturated rings. The summed E-state index contributed by atoms with van der Waals surface area (Å²) in [5.74, 6) is -1.78. The summed E-state index contributed by atoms with van der Waals surface area (Å²) in [6.45, 7) is 1.01. The number of nitrogens with zero attached hydrogens (tertiary/aromatic N) is 1. The molecule has 0 spiro atoms. The van der Waals surface area contributed by atoms with Crippen LogP contribution in [0.3, 0.4) is 0 Å². The van der Waals surface area contributed by atoms with Gasteiger partial charge in [-0.3, -0.25) is 9.78 Å². The molecule has 1 aromatic carbocycles. The third kappa shape index (κ3) is 3.27. The van der Waals surface area contributed by atoms with Crippen molar-refractivity contribution in [3.63, 3.8) is 0 Å². The number of rotatable bonds is 5. The third-order valence-electron chi connectivity index (χ3n) is 2.77. The molecule has 1 heterocycles. The first-order valence-corrected chi connectivity index (χ1v) is 6.14. The van der Waals surface area contributed by atoms with E-state index in [1.54, 1.807) is 7.11 Å². The molecule has 0 saturated heterocycles. The molecule has 0 aliphatic rings. The van der Waals surface area contributed by atoms with E-state index in [1.165, 1.54) is 12.3 Å². The van der Waals surface area contributed by atoms with E-state index in [0.29, 0.717) is 19.6 Å². The molecule has 6 heteroatoms. The Morgan fingerprint density at radius 2 is 2.15 bits per heavy atom. The fraction of sp³-hybridized carbons (Fsp3) is 0.286. The lowest BCUT2D eigenvalue weighted by molar-refractivity contribution is 0.0948. The summed E-state index contributed by atoms with van der Waals surface area (Å²) in [6.07, 6.45) is 1.96. The van der Waals surface area contributed by atoms with Crippen molar-refractivity contribution in [1.29, 1.82) is 0 Å². The van der Waals surface area contributed by atoms with Gasteiger partial charge in [-0.2, -0.15) is 0 Å². The van der Waals surface area contributed by atoms with Gasteiger partial charge in [0, 0.05) is 37.9 Å². The lowest BCUT2D eigenvalue weighted by Crippen LogP contribution is -2.25. The molecule has 4 nitrogen and oxygen atoms in total. The highest BCUT2D eigenvalue weighted by molar-refractivity contribution is 5.97. The predicted octanol–water partition coefficient (Wildman–Crippen LogP) is 2.28. The number of carbonyl (C=O) groups is 1. The van der Waals surface area contributed by atoms with Crippen LogP contribution >= 0.6 is 0 Å². The van der Waals surface area contributed by atoms with Gasteiger partial charge in [0.25, 0.3) is 5.91 Å². The Morgan fingerprint density at radius 1 is 1.35 bits per heavy atom. The molecule has 1 amide bonds. The molecule has 0 radical (unpaired) electrons. The summed E-state index contributed by atoms with van der Waals surface area (Å²) in [6, 6.07) is 3.33. The van der Waals surface area contributed by atoms with Crippen molar-refractivity contribution >= 4 is 16.8 Å². The highest BCUT2D eigenvalue weighted by Crippen LogP contribution is 2.18. The van der Waals surface area contributed by atoms with Gasteiger partial charge >= 0.3 is 0 Å². The largest absolute Gasteiger partial charge is 0.385 e. The number of benzene rings is 1. The van der Waals surface area contributed by atoms with E-state index in [-0.39, 0.29) is 22.4 Å². The lowest BCUT2D eigenvalue weighted by Gasteiger charge is -2.06. The first-order valence-electron chi connectivity index (χ1n) is 6.14. The molecule has 0 saturated carbocycles. The molecule has 20 heavy (non-hydrogen) atoms. The Hall–Kier alpha value is -2.08. The van der Waals surface area contributed by atoms with Crippen LogP contribution < -0.4 is 5.32 Å². The molecule has 0 aliphatic carbocycles. The van der Waals surface area contributed by atoms with Gasteiger partial charge < -0.3 is 10.1 Å². The quantitative estimate of drug-likeness (QED) is 0.855. The maximum Gasteiger partial charge on any atom is 0.252 e. The van der Waals surface area contributed by atoms with Crippen LogP contribution in [0.15, 0.2) is 24.4 Å². The van der Waals surface area contributed by atoms with E-state index in [4.69, 9.17) is 4.74 Å². The van der Waals surface area contributed by atoms with Gasteiger partial charge in [0.1, 0.15) is 11.3 Å². The number of amides is 1. The van der Waals surface area contributed by atoms with Crippen molar-refractivity contribution in [2.24, 2.45) is 0 Å². The zero-order chi connectivity index (χ0) is 14.5. The van der Waals surface area contributed by atoms with E-state index < -0.39 is 11.6 Å². The van der Waals surface area contributed by atoms with Crippen LogP contribution in [0.1, 0.15) is 16.8 Å². The van der Waals surface area contributed by atoms with E-state index in [0.717, 1.165) is 12.1 Å². The van der Waals surface area contributed by atoms with Gasteiger partial charge in [-0.05, 0) is 18.6 Å². The highest BCUT2D eigenvalue weighted by atomic mass is 19.1. The summed E-state index contributed by atoms with van der Waals surface area (Å²) in [5, 5.41) is 2.94. The average molecular weight is 280 g/mol. The zero-order valence-corrected chi connectivity index (χ0v) is 11.0. The minimum Gasteiger partial charge on any atom is -0.385 e. The number of carbonyl (C=O) groups excluding carboxylic acids is 1. The second-order valence-corrected chi connectivity index (χ2v) is 4.29.